The number of nitrogens with zero attached hydrogens (tertiary/aromatic N) is 3. The van der Waals surface area contributed by atoms with E-state index in [0.717, 1.165) is 12.8 Å². The van der Waals surface area contributed by atoms with Crippen LogP contribution in [0.4, 0.5) is 11.5 Å². The fraction of sp³-hybridized carbons (Fsp3) is 0.500. The number of nitrogens with one attached hydrogen (secondary N) is 1. The third-order valence-corrected chi connectivity index (χ3v) is 4.03. The predicted octanol–water partition coefficient (Wildman–Crippen LogP) is 1.19. The molecule has 9 heteroatoms. The fourth-order valence-electron chi connectivity index (χ4n) is 2.70. The second-order valence-electron chi connectivity index (χ2n) is 5.75. The van der Waals surface area contributed by atoms with Crippen LogP contribution in [0.5, 0.6) is 0 Å². The Hall–Kier alpha value is -2.84. The molecule has 0 saturated heterocycles. The summed E-state index contributed by atoms with van der Waals surface area (Å²) >= 11 is 0. The maximum Gasteiger partial charge on any atom is 0.330 e. The first-order valence-corrected chi connectivity index (χ1v) is 8.20. The molecule has 0 spiro atoms. The van der Waals surface area contributed by atoms with Crippen LogP contribution in [0.15, 0.2) is 14.1 Å². The molecular formula is C16H23N5O4. The number of nitrogen functional groups attached to an aromatic ring is 1. The first kappa shape index (κ1) is 18.5. The molecule has 0 aliphatic heterocycles. The third kappa shape index (κ3) is 3.35. The number of nitrogens with two attached hydrogens (primary N) is 1. The van der Waals surface area contributed by atoms with Gasteiger partial charge in [0.2, 0.25) is 0 Å². The molecule has 0 unspecified atom stereocenters. The van der Waals surface area contributed by atoms with Crippen LogP contribution < -0.4 is 21.9 Å². The van der Waals surface area contributed by atoms with E-state index in [1.165, 1.54) is 9.47 Å². The topological polar surface area (TPSA) is 127 Å². The summed E-state index contributed by atoms with van der Waals surface area (Å²) in [6.45, 7) is 7.53. The first-order valence-electron chi connectivity index (χ1n) is 8.20. The normalized spacial score (nSPS) is 10.9. The van der Waals surface area contributed by atoms with Gasteiger partial charge in [-0.1, -0.05) is 18.5 Å². The number of carbonyl (C=O) groups excluding carboxylic acids is 1. The Morgan fingerprint density at radius 1 is 1.32 bits per heavy atom. The molecule has 2 aromatic rings. The number of amides is 1. The van der Waals surface area contributed by atoms with Gasteiger partial charge in [0.15, 0.2) is 5.69 Å². The highest BCUT2D eigenvalue weighted by Gasteiger charge is 2.28. The lowest BCUT2D eigenvalue weighted by Gasteiger charge is -2.23. The Kier molecular flexibility index (Phi) is 5.45. The van der Waals surface area contributed by atoms with Crippen LogP contribution in [0.2, 0.25) is 0 Å². The summed E-state index contributed by atoms with van der Waals surface area (Å²) in [6, 6.07) is 0. The molecule has 0 bridgehead atoms. The molecular weight excluding hydrogens is 326 g/mol. The summed E-state index contributed by atoms with van der Waals surface area (Å²) < 4.78 is 6.31. The van der Waals surface area contributed by atoms with Gasteiger partial charge in [0.25, 0.3) is 11.5 Å². The Bertz CT molecular complexity index is 873. The molecule has 0 aliphatic rings. The van der Waals surface area contributed by atoms with Crippen molar-refractivity contribution in [2.24, 2.45) is 0 Å². The monoisotopic (exact) mass is 349 g/mol. The summed E-state index contributed by atoms with van der Waals surface area (Å²) in [7, 11) is 0. The summed E-state index contributed by atoms with van der Waals surface area (Å²) in [6.07, 6.45) is 1.58. The summed E-state index contributed by atoms with van der Waals surface area (Å²) in [5, 5.41) is 3.77. The average Bonchev–Trinajstić information content (AvgIpc) is 2.89. The van der Waals surface area contributed by atoms with E-state index < -0.39 is 17.2 Å². The van der Waals surface area contributed by atoms with E-state index >= 15 is 0 Å². The number of rotatable bonds is 6. The maximum absolute atomic E-state index is 12.9. The minimum Gasteiger partial charge on any atom is -0.383 e. The number of unbranched alkanes of at least 4 members (excludes halogenated alkanes) is 1. The highest BCUT2D eigenvalue weighted by Crippen LogP contribution is 2.22. The quantitative estimate of drug-likeness (QED) is 0.806. The van der Waals surface area contributed by atoms with Crippen molar-refractivity contribution in [1.82, 2.24) is 14.7 Å². The zero-order chi connectivity index (χ0) is 18.7. The van der Waals surface area contributed by atoms with Crippen LogP contribution in [0.3, 0.4) is 0 Å². The number of anilines is 2. The van der Waals surface area contributed by atoms with Gasteiger partial charge in [-0.3, -0.25) is 19.1 Å². The van der Waals surface area contributed by atoms with E-state index in [9.17, 15) is 14.4 Å². The van der Waals surface area contributed by atoms with Gasteiger partial charge < -0.3 is 15.2 Å². The van der Waals surface area contributed by atoms with Crippen LogP contribution in [0.25, 0.3) is 0 Å². The number of carbonyl (C=O) groups is 1. The van der Waals surface area contributed by atoms with Crippen LogP contribution in [0, 0.1) is 13.8 Å². The predicted molar refractivity (Wildman–Crippen MR) is 94.0 cm³/mol. The second-order valence-corrected chi connectivity index (χ2v) is 5.75. The Labute approximate surface area is 144 Å². The number of hydrogen-bond acceptors (Lipinski definition) is 6. The largest absolute Gasteiger partial charge is 0.383 e. The summed E-state index contributed by atoms with van der Waals surface area (Å²) in [5.41, 5.74) is 5.47. The summed E-state index contributed by atoms with van der Waals surface area (Å²) in [5.74, 6) is -0.115. The van der Waals surface area contributed by atoms with Crippen LogP contribution in [0.1, 0.15) is 48.5 Å². The molecule has 3 N–H and O–H groups in total. The molecule has 2 heterocycles. The van der Waals surface area contributed by atoms with E-state index in [4.69, 9.17) is 10.3 Å². The maximum atomic E-state index is 12.9. The third-order valence-electron chi connectivity index (χ3n) is 4.03. The van der Waals surface area contributed by atoms with Gasteiger partial charge in [-0.2, -0.15) is 0 Å². The van der Waals surface area contributed by atoms with Crippen molar-refractivity contribution in [2.45, 2.75) is 47.1 Å². The lowest BCUT2D eigenvalue weighted by molar-refractivity contribution is 0.0986. The average molecular weight is 349 g/mol. The van der Waals surface area contributed by atoms with Crippen molar-refractivity contribution in [2.75, 3.05) is 17.2 Å². The van der Waals surface area contributed by atoms with Gasteiger partial charge >= 0.3 is 5.69 Å². The zero-order valence-corrected chi connectivity index (χ0v) is 14.9. The second kappa shape index (κ2) is 7.37. The van der Waals surface area contributed by atoms with Crippen LogP contribution in [-0.2, 0) is 6.54 Å². The van der Waals surface area contributed by atoms with Gasteiger partial charge in [0.1, 0.15) is 17.1 Å². The van der Waals surface area contributed by atoms with Crippen LogP contribution >= 0.6 is 0 Å². The number of hydrogen-bond donors (Lipinski definition) is 2. The van der Waals surface area contributed by atoms with Crippen LogP contribution in [-0.4, -0.2) is 27.2 Å². The van der Waals surface area contributed by atoms with Gasteiger partial charge in [-0.15, -0.1) is 0 Å². The molecule has 136 valence electrons. The van der Waals surface area contributed by atoms with Crippen molar-refractivity contribution >= 4 is 17.4 Å². The fourth-order valence-corrected chi connectivity index (χ4v) is 2.70. The van der Waals surface area contributed by atoms with Crippen molar-refractivity contribution in [3.8, 4) is 0 Å². The molecule has 2 aromatic heterocycles. The Morgan fingerprint density at radius 2 is 2.00 bits per heavy atom. The lowest BCUT2D eigenvalue weighted by atomic mass is 10.1. The molecule has 0 atom stereocenters. The van der Waals surface area contributed by atoms with Gasteiger partial charge in [0.05, 0.1) is 5.69 Å². The number of aromatic amines is 1. The minimum atomic E-state index is -0.697. The van der Waals surface area contributed by atoms with E-state index in [1.807, 2.05) is 6.92 Å². The molecule has 0 fully saturated rings. The molecule has 1 amide bonds. The molecule has 0 radical (unpaired) electrons. The van der Waals surface area contributed by atoms with Crippen molar-refractivity contribution in [3.05, 3.63) is 37.9 Å². The first-order chi connectivity index (χ1) is 11.8. The SMILES string of the molecule is CCCCn1c(N)c(N(CC)C(=O)c2c(C)noc2C)c(=O)[nH]c1=O. The van der Waals surface area contributed by atoms with Gasteiger partial charge in [0, 0.05) is 13.1 Å². The van der Waals surface area contributed by atoms with Crippen molar-refractivity contribution in [1.29, 1.82) is 0 Å². The molecule has 2 rings (SSSR count). The molecule has 9 nitrogen and oxygen atoms in total. The van der Waals surface area contributed by atoms with Gasteiger partial charge in [-0.25, -0.2) is 4.79 Å². The van der Waals surface area contributed by atoms with Crippen molar-refractivity contribution < 1.29 is 9.32 Å². The van der Waals surface area contributed by atoms with Gasteiger partial charge in [-0.05, 0) is 27.2 Å². The Balaban J connectivity index is 2.60. The number of aryl methyl sites for hydroxylation is 2. The Morgan fingerprint density at radius 3 is 2.52 bits per heavy atom. The smallest absolute Gasteiger partial charge is 0.330 e. The zero-order valence-electron chi connectivity index (χ0n) is 14.9. The summed E-state index contributed by atoms with van der Waals surface area (Å²) in [4.78, 5) is 40.8. The highest BCUT2D eigenvalue weighted by molar-refractivity contribution is 6.08. The lowest BCUT2D eigenvalue weighted by Crippen LogP contribution is -2.41. The highest BCUT2D eigenvalue weighted by atomic mass is 16.5. The number of aromatic nitrogens is 3. The standard InChI is InChI=1S/C16H23N5O4/c1-5-7-8-21-13(17)12(14(22)18-16(21)24)20(6-2)15(23)11-9(3)19-25-10(11)4/h5-8,17H2,1-4H3,(H,18,22,24). The van der Waals surface area contributed by atoms with Crippen molar-refractivity contribution in [3.63, 3.8) is 0 Å². The molecule has 0 saturated carbocycles. The molecule has 0 aliphatic carbocycles. The molecule has 0 aromatic carbocycles. The minimum absolute atomic E-state index is 0.0239. The van der Waals surface area contributed by atoms with E-state index in [1.54, 1.807) is 20.8 Å². The van der Waals surface area contributed by atoms with E-state index in [2.05, 4.69) is 10.1 Å². The van der Waals surface area contributed by atoms with E-state index in [0.29, 0.717) is 18.0 Å². The number of H-pyrrole nitrogens is 1. The van der Waals surface area contributed by atoms with E-state index in [-0.39, 0.29) is 23.6 Å². The molecule has 25 heavy (non-hydrogen) atoms.